The molecule has 2 unspecified atom stereocenters. The van der Waals surface area contributed by atoms with Crippen LogP contribution in [0.4, 0.5) is 0 Å². The molecule has 120 valence electrons. The third kappa shape index (κ3) is 7.93. The molecule has 0 aromatic rings. The van der Waals surface area contributed by atoms with Crippen molar-refractivity contribution >= 4 is 11.8 Å². The van der Waals surface area contributed by atoms with Gasteiger partial charge in [0.25, 0.3) is 0 Å². The molecule has 0 aromatic carbocycles. The van der Waals surface area contributed by atoms with E-state index in [4.69, 9.17) is 0 Å². The van der Waals surface area contributed by atoms with E-state index in [1.165, 1.54) is 76.5 Å². The van der Waals surface area contributed by atoms with Crippen LogP contribution in [0.3, 0.4) is 0 Å². The molecule has 0 spiro atoms. The van der Waals surface area contributed by atoms with E-state index in [0.717, 1.165) is 17.2 Å². The van der Waals surface area contributed by atoms with E-state index in [9.17, 15) is 0 Å². The minimum atomic E-state index is 0.752. The normalized spacial score (nSPS) is 19.4. The van der Waals surface area contributed by atoms with E-state index in [1.807, 2.05) is 0 Å². The fourth-order valence-electron chi connectivity index (χ4n) is 3.25. The summed E-state index contributed by atoms with van der Waals surface area (Å²) in [6, 6.07) is 0.752. The molecule has 0 aromatic heterocycles. The summed E-state index contributed by atoms with van der Waals surface area (Å²) in [6.45, 7) is 8.17. The van der Waals surface area contributed by atoms with Crippen molar-refractivity contribution < 1.29 is 0 Å². The summed E-state index contributed by atoms with van der Waals surface area (Å²) in [6.07, 6.45) is 14.1. The predicted molar refractivity (Wildman–Crippen MR) is 94.7 cm³/mol. The van der Waals surface area contributed by atoms with Crippen molar-refractivity contribution in [1.82, 2.24) is 5.32 Å². The van der Waals surface area contributed by atoms with Crippen LogP contribution in [0.25, 0.3) is 0 Å². The Labute approximate surface area is 132 Å². The van der Waals surface area contributed by atoms with Gasteiger partial charge in [0.2, 0.25) is 0 Å². The lowest BCUT2D eigenvalue weighted by molar-refractivity contribution is 0.364. The van der Waals surface area contributed by atoms with Gasteiger partial charge in [0.1, 0.15) is 0 Å². The Morgan fingerprint density at radius 3 is 2.45 bits per heavy atom. The summed E-state index contributed by atoms with van der Waals surface area (Å²) in [4.78, 5) is 0. The molecule has 1 aliphatic carbocycles. The Hall–Kier alpha value is 0.310. The van der Waals surface area contributed by atoms with Crippen molar-refractivity contribution in [3.63, 3.8) is 0 Å². The quantitative estimate of drug-likeness (QED) is 0.500. The average molecular weight is 300 g/mol. The van der Waals surface area contributed by atoms with Gasteiger partial charge in [-0.2, -0.15) is 11.8 Å². The third-order valence-electron chi connectivity index (χ3n) is 4.68. The van der Waals surface area contributed by atoms with Gasteiger partial charge >= 0.3 is 0 Å². The maximum Gasteiger partial charge on any atom is 0.0160 e. The Kier molecular flexibility index (Phi) is 10.9. The maximum atomic E-state index is 3.81. The molecule has 0 amide bonds. The topological polar surface area (TPSA) is 12.0 Å². The van der Waals surface area contributed by atoms with Gasteiger partial charge in [-0.1, -0.05) is 59.3 Å². The second kappa shape index (κ2) is 11.9. The van der Waals surface area contributed by atoms with Crippen LogP contribution < -0.4 is 5.32 Å². The number of unbranched alkanes of at least 4 members (excludes halogenated alkanes) is 1. The molecule has 0 bridgehead atoms. The van der Waals surface area contributed by atoms with E-state index in [1.54, 1.807) is 0 Å². The molecule has 0 aliphatic heterocycles. The monoisotopic (exact) mass is 299 g/mol. The van der Waals surface area contributed by atoms with E-state index in [0.29, 0.717) is 0 Å². The highest BCUT2D eigenvalue weighted by molar-refractivity contribution is 7.99. The molecule has 1 rings (SSSR count). The summed E-state index contributed by atoms with van der Waals surface area (Å²) in [7, 11) is 0. The van der Waals surface area contributed by atoms with Gasteiger partial charge < -0.3 is 5.32 Å². The SMILES string of the molecule is CCCCC(CC)CC(CSC1CCCC1)NCCC. The summed E-state index contributed by atoms with van der Waals surface area (Å²) in [5.41, 5.74) is 0. The third-order valence-corrected chi connectivity index (χ3v) is 6.22. The van der Waals surface area contributed by atoms with Crippen molar-refractivity contribution in [2.45, 2.75) is 96.3 Å². The molecule has 2 atom stereocenters. The minimum Gasteiger partial charge on any atom is -0.313 e. The van der Waals surface area contributed by atoms with E-state index < -0.39 is 0 Å². The van der Waals surface area contributed by atoms with E-state index in [2.05, 4.69) is 37.8 Å². The molecule has 0 saturated heterocycles. The number of hydrogen-bond donors (Lipinski definition) is 1. The lowest BCUT2D eigenvalue weighted by Gasteiger charge is -2.25. The molecule has 1 saturated carbocycles. The molecule has 1 fully saturated rings. The number of thioether (sulfide) groups is 1. The predicted octanol–water partition coefficient (Wildman–Crippen LogP) is 5.64. The number of rotatable bonds is 12. The van der Waals surface area contributed by atoms with Gasteiger partial charge in [0.15, 0.2) is 0 Å². The molecule has 0 heterocycles. The zero-order chi connectivity index (χ0) is 14.6. The van der Waals surface area contributed by atoms with Crippen LogP contribution in [0.5, 0.6) is 0 Å². The Morgan fingerprint density at radius 1 is 1.10 bits per heavy atom. The average Bonchev–Trinajstić information content (AvgIpc) is 2.98. The number of hydrogen-bond acceptors (Lipinski definition) is 2. The Bertz CT molecular complexity index is 213. The first-order valence-electron chi connectivity index (χ1n) is 9.15. The number of nitrogens with one attached hydrogen (secondary N) is 1. The highest BCUT2D eigenvalue weighted by Crippen LogP contribution is 2.31. The summed E-state index contributed by atoms with van der Waals surface area (Å²) in [5, 5.41) is 4.78. The first-order valence-corrected chi connectivity index (χ1v) is 10.2. The van der Waals surface area contributed by atoms with Crippen molar-refractivity contribution in [3.8, 4) is 0 Å². The molecule has 1 nitrogen and oxygen atoms in total. The second-order valence-corrected chi connectivity index (χ2v) is 7.88. The van der Waals surface area contributed by atoms with Gasteiger partial charge in [-0.25, -0.2) is 0 Å². The van der Waals surface area contributed by atoms with Crippen molar-refractivity contribution in [3.05, 3.63) is 0 Å². The van der Waals surface area contributed by atoms with Crippen molar-refractivity contribution in [2.24, 2.45) is 5.92 Å². The first kappa shape index (κ1) is 18.4. The van der Waals surface area contributed by atoms with Gasteiger partial charge in [-0.3, -0.25) is 0 Å². The van der Waals surface area contributed by atoms with Gasteiger partial charge in [-0.05, 0) is 38.1 Å². The standard InChI is InChI=1S/C18H37NS/c1-4-7-10-16(6-3)14-17(19-13-5-2)15-20-18-11-8-9-12-18/h16-19H,4-15H2,1-3H3. The largest absolute Gasteiger partial charge is 0.313 e. The zero-order valence-electron chi connectivity index (χ0n) is 14.1. The molecule has 1 aliphatic rings. The zero-order valence-corrected chi connectivity index (χ0v) is 14.9. The second-order valence-electron chi connectivity index (χ2n) is 6.54. The lowest BCUT2D eigenvalue weighted by Crippen LogP contribution is -2.34. The fourth-order valence-corrected chi connectivity index (χ4v) is 4.67. The van der Waals surface area contributed by atoms with Crippen LogP contribution in [0.2, 0.25) is 0 Å². The lowest BCUT2D eigenvalue weighted by atomic mass is 9.92. The highest BCUT2D eigenvalue weighted by Gasteiger charge is 2.19. The Balaban J connectivity index is 2.31. The Morgan fingerprint density at radius 2 is 1.85 bits per heavy atom. The van der Waals surface area contributed by atoms with Crippen molar-refractivity contribution in [1.29, 1.82) is 0 Å². The summed E-state index contributed by atoms with van der Waals surface area (Å²) >= 11 is 2.26. The van der Waals surface area contributed by atoms with E-state index in [-0.39, 0.29) is 0 Å². The van der Waals surface area contributed by atoms with Crippen LogP contribution in [-0.2, 0) is 0 Å². The van der Waals surface area contributed by atoms with Crippen LogP contribution in [0, 0.1) is 5.92 Å². The fraction of sp³-hybridized carbons (Fsp3) is 1.00. The molecule has 0 radical (unpaired) electrons. The van der Waals surface area contributed by atoms with Gasteiger partial charge in [0, 0.05) is 17.0 Å². The molecular formula is C18H37NS. The van der Waals surface area contributed by atoms with Gasteiger partial charge in [-0.15, -0.1) is 0 Å². The van der Waals surface area contributed by atoms with Crippen LogP contribution in [-0.4, -0.2) is 23.6 Å². The van der Waals surface area contributed by atoms with Crippen LogP contribution >= 0.6 is 11.8 Å². The smallest absolute Gasteiger partial charge is 0.0160 e. The molecular weight excluding hydrogens is 262 g/mol. The maximum absolute atomic E-state index is 3.81. The summed E-state index contributed by atoms with van der Waals surface area (Å²) in [5.74, 6) is 2.28. The molecule has 20 heavy (non-hydrogen) atoms. The van der Waals surface area contributed by atoms with E-state index >= 15 is 0 Å². The van der Waals surface area contributed by atoms with Crippen molar-refractivity contribution in [2.75, 3.05) is 12.3 Å². The minimum absolute atomic E-state index is 0.752. The van der Waals surface area contributed by atoms with Gasteiger partial charge in [0.05, 0.1) is 0 Å². The summed E-state index contributed by atoms with van der Waals surface area (Å²) < 4.78 is 0. The van der Waals surface area contributed by atoms with Crippen LogP contribution in [0.15, 0.2) is 0 Å². The molecule has 2 heteroatoms. The van der Waals surface area contributed by atoms with Crippen LogP contribution in [0.1, 0.15) is 85.0 Å². The molecule has 1 N–H and O–H groups in total. The highest BCUT2D eigenvalue weighted by atomic mass is 32.2. The first-order chi connectivity index (χ1) is 9.80.